The largest absolute Gasteiger partial charge is 0.305 e. The van der Waals surface area contributed by atoms with Gasteiger partial charge in [0, 0.05) is 11.1 Å². The lowest BCUT2D eigenvalue weighted by atomic mass is 10.2. The number of rotatable bonds is 6. The van der Waals surface area contributed by atoms with Crippen LogP contribution in [0.5, 0.6) is 0 Å². The lowest BCUT2D eigenvalue weighted by molar-refractivity contribution is 0.102. The molecule has 2 heterocycles. The Balaban J connectivity index is 2.18. The van der Waals surface area contributed by atoms with Crippen molar-refractivity contribution >= 4 is 34.7 Å². The predicted molar refractivity (Wildman–Crippen MR) is 87.3 cm³/mol. The molecule has 2 aromatic heterocycles. The van der Waals surface area contributed by atoms with Gasteiger partial charge in [0.15, 0.2) is 0 Å². The molecule has 0 atom stereocenters. The molecule has 0 radical (unpaired) electrons. The van der Waals surface area contributed by atoms with Crippen LogP contribution in [-0.4, -0.2) is 15.9 Å². The summed E-state index contributed by atoms with van der Waals surface area (Å²) in [7, 11) is 0. The molecule has 2 aromatic rings. The van der Waals surface area contributed by atoms with Gasteiger partial charge in [0.05, 0.1) is 10.0 Å². The first kappa shape index (κ1) is 15.9. The normalized spacial score (nSPS) is 10.6. The summed E-state index contributed by atoms with van der Waals surface area (Å²) in [5.41, 5.74) is 0.530. The Morgan fingerprint density at radius 2 is 2.05 bits per heavy atom. The van der Waals surface area contributed by atoms with Crippen LogP contribution < -0.4 is 5.32 Å². The molecule has 0 aliphatic carbocycles. The van der Waals surface area contributed by atoms with Gasteiger partial charge in [-0.05, 0) is 31.4 Å². The summed E-state index contributed by atoms with van der Waals surface area (Å²) in [5, 5.41) is 4.34. The highest BCUT2D eigenvalue weighted by Gasteiger charge is 2.17. The first-order chi connectivity index (χ1) is 10.1. The fourth-order valence-electron chi connectivity index (χ4n) is 1.92. The maximum atomic E-state index is 12.4. The third-order valence-corrected chi connectivity index (χ3v) is 4.27. The van der Waals surface area contributed by atoms with E-state index in [1.165, 1.54) is 6.20 Å². The zero-order valence-corrected chi connectivity index (χ0v) is 13.7. The van der Waals surface area contributed by atoms with Gasteiger partial charge in [0.1, 0.15) is 11.5 Å². The summed E-state index contributed by atoms with van der Waals surface area (Å²) >= 11 is 7.42. The van der Waals surface area contributed by atoms with Gasteiger partial charge in [-0.1, -0.05) is 31.9 Å². The maximum absolute atomic E-state index is 12.4. The van der Waals surface area contributed by atoms with E-state index in [1.807, 2.05) is 0 Å². The van der Waals surface area contributed by atoms with E-state index in [9.17, 15) is 4.79 Å². The third kappa shape index (κ3) is 4.25. The van der Waals surface area contributed by atoms with E-state index < -0.39 is 0 Å². The number of pyridine rings is 1. The molecule has 0 saturated carbocycles. The minimum absolute atomic E-state index is 0.202. The van der Waals surface area contributed by atoms with Gasteiger partial charge < -0.3 is 5.32 Å². The Hall–Kier alpha value is -1.46. The van der Waals surface area contributed by atoms with Crippen molar-refractivity contribution in [1.29, 1.82) is 0 Å². The van der Waals surface area contributed by atoms with E-state index in [-0.39, 0.29) is 5.91 Å². The van der Waals surface area contributed by atoms with Gasteiger partial charge in [-0.15, -0.1) is 11.3 Å². The Bertz CT molecular complexity index is 610. The SMILES string of the molecule is CCCc1nc(C(=O)Nc2ccc(Cl)cn2)c(CCC)s1. The van der Waals surface area contributed by atoms with Crippen LogP contribution in [0.4, 0.5) is 5.82 Å². The molecular weight excluding hydrogens is 306 g/mol. The molecule has 0 aliphatic heterocycles. The van der Waals surface area contributed by atoms with E-state index >= 15 is 0 Å². The highest BCUT2D eigenvalue weighted by Crippen LogP contribution is 2.22. The number of nitrogens with one attached hydrogen (secondary N) is 1. The molecule has 0 saturated heterocycles. The minimum Gasteiger partial charge on any atom is -0.305 e. The van der Waals surface area contributed by atoms with Crippen molar-refractivity contribution in [2.75, 3.05) is 5.32 Å². The number of carbonyl (C=O) groups excluding carboxylic acids is 1. The molecule has 21 heavy (non-hydrogen) atoms. The van der Waals surface area contributed by atoms with Crippen LogP contribution in [-0.2, 0) is 12.8 Å². The van der Waals surface area contributed by atoms with Gasteiger partial charge in [0.2, 0.25) is 0 Å². The zero-order chi connectivity index (χ0) is 15.2. The van der Waals surface area contributed by atoms with Crippen molar-refractivity contribution in [1.82, 2.24) is 9.97 Å². The van der Waals surface area contributed by atoms with Crippen molar-refractivity contribution < 1.29 is 4.79 Å². The van der Waals surface area contributed by atoms with Crippen LogP contribution in [0.25, 0.3) is 0 Å². The second-order valence-corrected chi connectivity index (χ2v) is 6.30. The van der Waals surface area contributed by atoms with Gasteiger partial charge in [-0.3, -0.25) is 4.79 Å². The van der Waals surface area contributed by atoms with Gasteiger partial charge in [0.25, 0.3) is 5.91 Å². The van der Waals surface area contributed by atoms with Crippen LogP contribution >= 0.6 is 22.9 Å². The Morgan fingerprint density at radius 3 is 2.67 bits per heavy atom. The number of halogens is 1. The summed E-state index contributed by atoms with van der Waals surface area (Å²) in [6.45, 7) is 4.21. The number of anilines is 1. The second-order valence-electron chi connectivity index (χ2n) is 4.70. The minimum atomic E-state index is -0.202. The number of nitrogens with zero attached hydrogens (tertiary/aromatic N) is 2. The molecule has 2 rings (SSSR count). The molecule has 4 nitrogen and oxygen atoms in total. The van der Waals surface area contributed by atoms with Crippen LogP contribution in [0.3, 0.4) is 0 Å². The Morgan fingerprint density at radius 1 is 1.29 bits per heavy atom. The molecule has 0 aliphatic rings. The molecule has 0 bridgehead atoms. The molecule has 0 spiro atoms. The van der Waals surface area contributed by atoms with Crippen LogP contribution in [0.15, 0.2) is 18.3 Å². The number of aromatic nitrogens is 2. The van der Waals surface area contributed by atoms with E-state index in [0.29, 0.717) is 16.5 Å². The maximum Gasteiger partial charge on any atom is 0.276 e. The fourth-order valence-corrected chi connectivity index (χ4v) is 3.30. The highest BCUT2D eigenvalue weighted by molar-refractivity contribution is 7.11. The average molecular weight is 324 g/mol. The Labute approximate surface area is 133 Å². The van der Waals surface area contributed by atoms with Crippen molar-refractivity contribution in [3.05, 3.63) is 38.9 Å². The highest BCUT2D eigenvalue weighted by atomic mass is 35.5. The van der Waals surface area contributed by atoms with E-state index in [1.54, 1.807) is 23.5 Å². The molecule has 6 heteroatoms. The molecule has 1 amide bonds. The number of thiazole rings is 1. The predicted octanol–water partition coefficient (Wildman–Crippen LogP) is 4.35. The summed E-state index contributed by atoms with van der Waals surface area (Å²) in [6, 6.07) is 3.37. The average Bonchev–Trinajstić information content (AvgIpc) is 2.85. The Kier molecular flexibility index (Phi) is 5.70. The van der Waals surface area contributed by atoms with Gasteiger partial charge >= 0.3 is 0 Å². The summed E-state index contributed by atoms with van der Waals surface area (Å²) in [4.78, 5) is 22.0. The molecule has 0 unspecified atom stereocenters. The van der Waals surface area contributed by atoms with Crippen molar-refractivity contribution in [2.45, 2.75) is 39.5 Å². The number of hydrogen-bond donors (Lipinski definition) is 1. The second kappa shape index (κ2) is 7.52. The molecule has 0 fully saturated rings. The molecule has 112 valence electrons. The summed E-state index contributed by atoms with van der Waals surface area (Å²) < 4.78 is 0. The third-order valence-electron chi connectivity index (χ3n) is 2.87. The lowest BCUT2D eigenvalue weighted by Gasteiger charge is -2.03. The van der Waals surface area contributed by atoms with Crippen molar-refractivity contribution in [2.24, 2.45) is 0 Å². The van der Waals surface area contributed by atoms with E-state index in [0.717, 1.165) is 35.6 Å². The number of aryl methyl sites for hydroxylation is 2. The first-order valence-corrected chi connectivity index (χ1v) is 8.25. The van der Waals surface area contributed by atoms with Crippen LogP contribution in [0.1, 0.15) is 47.1 Å². The van der Waals surface area contributed by atoms with Gasteiger partial charge in [-0.2, -0.15) is 0 Å². The fraction of sp³-hybridized carbons (Fsp3) is 0.400. The molecule has 1 N–H and O–H groups in total. The van der Waals surface area contributed by atoms with Gasteiger partial charge in [-0.25, -0.2) is 9.97 Å². The van der Waals surface area contributed by atoms with Crippen LogP contribution in [0.2, 0.25) is 5.02 Å². The standard InChI is InChI=1S/C15H18ClN3OS/c1-3-5-11-14(19-13(21-11)6-4-2)15(20)18-12-8-7-10(16)9-17-12/h7-9H,3-6H2,1-2H3,(H,17,18,20). The molecule has 0 aromatic carbocycles. The zero-order valence-electron chi connectivity index (χ0n) is 12.1. The number of carbonyl (C=O) groups is 1. The van der Waals surface area contributed by atoms with E-state index in [2.05, 4.69) is 29.1 Å². The molecular formula is C15H18ClN3OS. The quantitative estimate of drug-likeness (QED) is 0.859. The van der Waals surface area contributed by atoms with Crippen molar-refractivity contribution in [3.63, 3.8) is 0 Å². The summed E-state index contributed by atoms with van der Waals surface area (Å²) in [5.74, 6) is 0.281. The van der Waals surface area contributed by atoms with E-state index in [4.69, 9.17) is 11.6 Å². The summed E-state index contributed by atoms with van der Waals surface area (Å²) in [6.07, 6.45) is 5.31. The lowest BCUT2D eigenvalue weighted by Crippen LogP contribution is -2.15. The topological polar surface area (TPSA) is 54.9 Å². The van der Waals surface area contributed by atoms with Crippen LogP contribution in [0, 0.1) is 0 Å². The monoisotopic (exact) mass is 323 g/mol. The number of hydrogen-bond acceptors (Lipinski definition) is 4. The van der Waals surface area contributed by atoms with Crippen molar-refractivity contribution in [3.8, 4) is 0 Å². The smallest absolute Gasteiger partial charge is 0.276 e. The first-order valence-electron chi connectivity index (χ1n) is 7.05. The number of amides is 1.